The molecule has 7 nitrogen and oxygen atoms in total. The van der Waals surface area contributed by atoms with Gasteiger partial charge in [-0.25, -0.2) is 0 Å². The Labute approximate surface area is 169 Å². The van der Waals surface area contributed by atoms with Crippen LogP contribution in [0.2, 0.25) is 0 Å². The van der Waals surface area contributed by atoms with Gasteiger partial charge in [0.15, 0.2) is 0 Å². The van der Waals surface area contributed by atoms with Crippen LogP contribution in [0.4, 0.5) is 17.1 Å². The van der Waals surface area contributed by atoms with E-state index in [0.29, 0.717) is 13.1 Å². The summed E-state index contributed by atoms with van der Waals surface area (Å²) in [6, 6.07) is 20.7. The summed E-state index contributed by atoms with van der Waals surface area (Å²) in [6.07, 6.45) is 0. The fourth-order valence-electron chi connectivity index (χ4n) is 2.78. The van der Waals surface area contributed by atoms with E-state index in [2.05, 4.69) is 20.8 Å². The van der Waals surface area contributed by atoms with Crippen LogP contribution in [0.15, 0.2) is 77.3 Å². The molecule has 0 saturated carbocycles. The molecule has 0 atom stereocenters. The molecular weight excluding hydrogens is 426 g/mol. The van der Waals surface area contributed by atoms with Gasteiger partial charge in [-0.1, -0.05) is 40.2 Å². The molecule has 8 heteroatoms. The number of hydrogen-bond donors (Lipinski definition) is 0. The minimum atomic E-state index is -0.423. The molecule has 0 aromatic heterocycles. The van der Waals surface area contributed by atoms with E-state index in [-0.39, 0.29) is 11.4 Å². The highest BCUT2D eigenvalue weighted by Gasteiger charge is 2.12. The molecule has 0 aliphatic rings. The predicted molar refractivity (Wildman–Crippen MR) is 110 cm³/mol. The third-order valence-electron chi connectivity index (χ3n) is 4.23. The summed E-state index contributed by atoms with van der Waals surface area (Å²) < 4.78 is 0.960. The van der Waals surface area contributed by atoms with Crippen molar-refractivity contribution in [3.05, 3.63) is 109 Å². The number of nitro groups is 2. The van der Waals surface area contributed by atoms with Crippen LogP contribution in [0.5, 0.6) is 0 Å². The fraction of sp³-hybridized carbons (Fsp3) is 0.100. The molecule has 3 aromatic rings. The summed E-state index contributed by atoms with van der Waals surface area (Å²) in [5, 5.41) is 21.7. The molecule has 0 unspecified atom stereocenters. The summed E-state index contributed by atoms with van der Waals surface area (Å²) in [5.74, 6) is 0. The number of hydrogen-bond acceptors (Lipinski definition) is 5. The third kappa shape index (κ3) is 4.92. The van der Waals surface area contributed by atoms with Crippen molar-refractivity contribution in [1.82, 2.24) is 0 Å². The molecule has 0 spiro atoms. The van der Waals surface area contributed by atoms with Crippen molar-refractivity contribution >= 4 is 33.0 Å². The molecule has 0 amide bonds. The second kappa shape index (κ2) is 8.62. The molecule has 0 bridgehead atoms. The Morgan fingerprint density at radius 3 is 1.43 bits per heavy atom. The summed E-state index contributed by atoms with van der Waals surface area (Å²) in [6.45, 7) is 1.08. The van der Waals surface area contributed by atoms with Crippen LogP contribution >= 0.6 is 15.9 Å². The fourth-order valence-corrected chi connectivity index (χ4v) is 3.04. The van der Waals surface area contributed by atoms with E-state index in [4.69, 9.17) is 0 Å². The lowest BCUT2D eigenvalue weighted by atomic mass is 10.1. The van der Waals surface area contributed by atoms with E-state index < -0.39 is 9.85 Å². The predicted octanol–water partition coefficient (Wildman–Crippen LogP) is 5.47. The Kier molecular flexibility index (Phi) is 6.00. The first-order valence-electron chi connectivity index (χ1n) is 8.39. The highest BCUT2D eigenvalue weighted by atomic mass is 79.9. The Balaban J connectivity index is 1.85. The van der Waals surface area contributed by atoms with E-state index in [1.165, 1.54) is 24.3 Å². The van der Waals surface area contributed by atoms with Crippen LogP contribution < -0.4 is 4.90 Å². The molecule has 0 N–H and O–H groups in total. The van der Waals surface area contributed by atoms with E-state index in [1.54, 1.807) is 24.3 Å². The molecule has 0 aliphatic heterocycles. The highest BCUT2D eigenvalue weighted by molar-refractivity contribution is 9.10. The lowest BCUT2D eigenvalue weighted by Gasteiger charge is -2.25. The maximum absolute atomic E-state index is 10.8. The van der Waals surface area contributed by atoms with Gasteiger partial charge in [0.1, 0.15) is 0 Å². The molecule has 28 heavy (non-hydrogen) atoms. The molecule has 3 rings (SSSR count). The number of anilines is 1. The van der Waals surface area contributed by atoms with Crippen LogP contribution in [-0.4, -0.2) is 9.85 Å². The molecule has 142 valence electrons. The summed E-state index contributed by atoms with van der Waals surface area (Å²) in [7, 11) is 0. The largest absolute Gasteiger partial charge is 0.363 e. The van der Waals surface area contributed by atoms with Gasteiger partial charge < -0.3 is 4.90 Å². The Hall–Kier alpha value is -3.26. The van der Waals surface area contributed by atoms with Gasteiger partial charge in [0.2, 0.25) is 0 Å². The second-order valence-electron chi connectivity index (χ2n) is 6.18. The number of nitro benzene ring substituents is 2. The number of halogens is 1. The van der Waals surface area contributed by atoms with Crippen molar-refractivity contribution in [1.29, 1.82) is 0 Å². The van der Waals surface area contributed by atoms with Gasteiger partial charge >= 0.3 is 0 Å². The Bertz CT molecular complexity index is 914. The van der Waals surface area contributed by atoms with Gasteiger partial charge in [0.25, 0.3) is 11.4 Å². The molecule has 0 saturated heterocycles. The zero-order valence-electron chi connectivity index (χ0n) is 14.7. The van der Waals surface area contributed by atoms with E-state index in [1.807, 2.05) is 24.3 Å². The molecule has 0 fully saturated rings. The van der Waals surface area contributed by atoms with Gasteiger partial charge in [0, 0.05) is 47.5 Å². The van der Waals surface area contributed by atoms with Gasteiger partial charge in [-0.05, 0) is 35.4 Å². The second-order valence-corrected chi connectivity index (χ2v) is 7.10. The first-order chi connectivity index (χ1) is 13.4. The van der Waals surface area contributed by atoms with Crippen molar-refractivity contribution in [2.45, 2.75) is 13.1 Å². The van der Waals surface area contributed by atoms with Gasteiger partial charge in [-0.3, -0.25) is 20.2 Å². The lowest BCUT2D eigenvalue weighted by Crippen LogP contribution is -2.22. The third-order valence-corrected chi connectivity index (χ3v) is 4.76. The topological polar surface area (TPSA) is 89.5 Å². The molecule has 3 aromatic carbocycles. The highest BCUT2D eigenvalue weighted by Crippen LogP contribution is 2.24. The van der Waals surface area contributed by atoms with E-state index in [0.717, 1.165) is 21.3 Å². The van der Waals surface area contributed by atoms with Gasteiger partial charge in [-0.15, -0.1) is 0 Å². The average Bonchev–Trinajstić information content (AvgIpc) is 2.69. The summed E-state index contributed by atoms with van der Waals surface area (Å²) >= 11 is 3.43. The van der Waals surface area contributed by atoms with Crippen LogP contribution in [0.3, 0.4) is 0 Å². The van der Waals surface area contributed by atoms with Crippen molar-refractivity contribution in [2.24, 2.45) is 0 Å². The number of benzene rings is 3. The quantitative estimate of drug-likeness (QED) is 0.358. The standard InChI is InChI=1S/C20H16BrN3O4/c21-17-5-11-18(12-6-17)22(13-15-1-7-19(8-2-15)23(25)26)14-16-3-9-20(10-4-16)24(27)28/h1-12H,13-14H2. The first kappa shape index (κ1) is 19.5. The van der Waals surface area contributed by atoms with Crippen molar-refractivity contribution in [2.75, 3.05) is 4.90 Å². The SMILES string of the molecule is O=[N+]([O-])c1ccc(CN(Cc2ccc([N+](=O)[O-])cc2)c2ccc(Br)cc2)cc1. The molecule has 0 radical (unpaired) electrons. The maximum atomic E-state index is 10.8. The molecular formula is C20H16BrN3O4. The number of rotatable bonds is 7. The van der Waals surface area contributed by atoms with Crippen LogP contribution in [0.25, 0.3) is 0 Å². The molecule has 0 heterocycles. The minimum Gasteiger partial charge on any atom is -0.363 e. The van der Waals surface area contributed by atoms with Crippen LogP contribution in [-0.2, 0) is 13.1 Å². The normalized spacial score (nSPS) is 10.5. The minimum absolute atomic E-state index is 0.0503. The number of nitrogens with zero attached hydrogens (tertiary/aromatic N) is 3. The zero-order chi connectivity index (χ0) is 20.1. The summed E-state index contributed by atoms with van der Waals surface area (Å²) in [4.78, 5) is 23.0. The van der Waals surface area contributed by atoms with Crippen molar-refractivity contribution in [3.63, 3.8) is 0 Å². The van der Waals surface area contributed by atoms with Gasteiger partial charge in [0.05, 0.1) is 9.85 Å². The van der Waals surface area contributed by atoms with Gasteiger partial charge in [-0.2, -0.15) is 0 Å². The zero-order valence-corrected chi connectivity index (χ0v) is 16.3. The van der Waals surface area contributed by atoms with E-state index in [9.17, 15) is 20.2 Å². The van der Waals surface area contributed by atoms with Crippen molar-refractivity contribution < 1.29 is 9.85 Å². The smallest absolute Gasteiger partial charge is 0.269 e. The lowest BCUT2D eigenvalue weighted by molar-refractivity contribution is -0.385. The monoisotopic (exact) mass is 441 g/mol. The average molecular weight is 442 g/mol. The van der Waals surface area contributed by atoms with Crippen LogP contribution in [0.1, 0.15) is 11.1 Å². The van der Waals surface area contributed by atoms with Crippen LogP contribution in [0, 0.1) is 20.2 Å². The first-order valence-corrected chi connectivity index (χ1v) is 9.19. The summed E-state index contributed by atoms with van der Waals surface area (Å²) in [5.41, 5.74) is 2.93. The van der Waals surface area contributed by atoms with Crippen molar-refractivity contribution in [3.8, 4) is 0 Å². The maximum Gasteiger partial charge on any atom is 0.269 e. The Morgan fingerprint density at radius 2 is 1.07 bits per heavy atom. The Morgan fingerprint density at radius 1 is 0.679 bits per heavy atom. The number of non-ortho nitro benzene ring substituents is 2. The van der Waals surface area contributed by atoms with E-state index >= 15 is 0 Å². The molecule has 0 aliphatic carbocycles.